The maximum atomic E-state index is 11.9. The number of carbonyl (C=O) groups is 1. The molecular weight excluding hydrogens is 254 g/mol. The molecule has 0 saturated heterocycles. The number of aromatic nitrogens is 3. The highest BCUT2D eigenvalue weighted by molar-refractivity contribution is 5.76. The molecule has 104 valence electrons. The van der Waals surface area contributed by atoms with Crippen LogP contribution < -0.4 is 0 Å². The smallest absolute Gasteiger partial charge is 0.309 e. The minimum atomic E-state index is -0.104. The Bertz CT molecular complexity index is 620. The Morgan fingerprint density at radius 1 is 1.50 bits per heavy atom. The maximum absolute atomic E-state index is 11.9. The molecule has 0 bridgehead atoms. The second kappa shape index (κ2) is 4.74. The first-order chi connectivity index (χ1) is 9.56. The Kier molecular flexibility index (Phi) is 3.04. The van der Waals surface area contributed by atoms with E-state index < -0.39 is 0 Å². The van der Waals surface area contributed by atoms with Gasteiger partial charge in [0.1, 0.15) is 6.61 Å². The average molecular weight is 271 g/mol. The van der Waals surface area contributed by atoms with E-state index in [0.717, 1.165) is 17.8 Å². The van der Waals surface area contributed by atoms with Crippen LogP contribution in [0, 0.1) is 11.3 Å². The quantitative estimate of drug-likeness (QED) is 0.801. The van der Waals surface area contributed by atoms with Crippen molar-refractivity contribution in [3.8, 4) is 5.82 Å². The molecule has 1 aliphatic rings. The summed E-state index contributed by atoms with van der Waals surface area (Å²) in [6.45, 7) is 4.45. The van der Waals surface area contributed by atoms with Crippen LogP contribution in [0.5, 0.6) is 0 Å². The normalized spacial score (nSPS) is 19.6. The van der Waals surface area contributed by atoms with Gasteiger partial charge in [0.15, 0.2) is 5.82 Å². The van der Waals surface area contributed by atoms with Crippen molar-refractivity contribution in [1.82, 2.24) is 14.8 Å². The summed E-state index contributed by atoms with van der Waals surface area (Å²) in [5.74, 6) is 0.665. The molecule has 0 aromatic carbocycles. The molecule has 0 spiro atoms. The van der Waals surface area contributed by atoms with Crippen LogP contribution in [0.3, 0.4) is 0 Å². The number of esters is 1. The summed E-state index contributed by atoms with van der Waals surface area (Å²) in [6, 6.07) is 5.56. The first kappa shape index (κ1) is 12.8. The molecule has 1 aliphatic carbocycles. The van der Waals surface area contributed by atoms with Crippen LogP contribution in [-0.2, 0) is 16.1 Å². The van der Waals surface area contributed by atoms with Gasteiger partial charge < -0.3 is 4.74 Å². The lowest BCUT2D eigenvalue weighted by atomic mass is 10.1. The molecule has 0 radical (unpaired) electrons. The summed E-state index contributed by atoms with van der Waals surface area (Å²) in [6.07, 6.45) is 6.14. The predicted octanol–water partition coefficient (Wildman–Crippen LogP) is 2.36. The number of pyridine rings is 1. The lowest BCUT2D eigenvalue weighted by Crippen LogP contribution is -2.10. The lowest BCUT2D eigenvalue weighted by molar-refractivity contribution is -0.147. The summed E-state index contributed by atoms with van der Waals surface area (Å²) in [4.78, 5) is 16.1. The average Bonchev–Trinajstić information content (AvgIpc) is 2.87. The van der Waals surface area contributed by atoms with Crippen molar-refractivity contribution in [1.29, 1.82) is 0 Å². The van der Waals surface area contributed by atoms with Crippen molar-refractivity contribution in [2.75, 3.05) is 0 Å². The summed E-state index contributed by atoms with van der Waals surface area (Å²) < 4.78 is 7.04. The van der Waals surface area contributed by atoms with Crippen LogP contribution in [0.2, 0.25) is 0 Å². The first-order valence-corrected chi connectivity index (χ1v) is 6.68. The van der Waals surface area contributed by atoms with Crippen molar-refractivity contribution >= 4 is 5.97 Å². The fourth-order valence-corrected chi connectivity index (χ4v) is 2.20. The zero-order valence-electron chi connectivity index (χ0n) is 11.6. The first-order valence-electron chi connectivity index (χ1n) is 6.68. The van der Waals surface area contributed by atoms with E-state index in [2.05, 4.69) is 23.9 Å². The van der Waals surface area contributed by atoms with E-state index in [1.54, 1.807) is 17.1 Å². The third-order valence-corrected chi connectivity index (χ3v) is 3.73. The highest BCUT2D eigenvalue weighted by Gasteiger charge is 2.51. The molecule has 1 saturated carbocycles. The molecule has 3 rings (SSSR count). The minimum absolute atomic E-state index is 0.0509. The van der Waals surface area contributed by atoms with Crippen molar-refractivity contribution in [3.63, 3.8) is 0 Å². The monoisotopic (exact) mass is 271 g/mol. The maximum Gasteiger partial charge on any atom is 0.309 e. The van der Waals surface area contributed by atoms with Gasteiger partial charge in [-0.15, -0.1) is 0 Å². The Morgan fingerprint density at radius 2 is 2.30 bits per heavy atom. The van der Waals surface area contributed by atoms with E-state index in [4.69, 9.17) is 4.74 Å². The van der Waals surface area contributed by atoms with Crippen LogP contribution in [0.1, 0.15) is 25.8 Å². The number of ether oxygens (including phenoxy) is 1. The second-order valence-electron chi connectivity index (χ2n) is 5.83. The molecule has 2 aromatic rings. The highest BCUT2D eigenvalue weighted by atomic mass is 16.5. The zero-order valence-corrected chi connectivity index (χ0v) is 11.6. The molecule has 5 nitrogen and oxygen atoms in total. The van der Waals surface area contributed by atoms with E-state index >= 15 is 0 Å². The molecule has 0 unspecified atom stereocenters. The molecule has 0 amide bonds. The third kappa shape index (κ3) is 2.57. The number of carbonyl (C=O) groups excluding carboxylic acids is 1. The molecule has 1 atom stereocenters. The Morgan fingerprint density at radius 3 is 2.95 bits per heavy atom. The van der Waals surface area contributed by atoms with Crippen LogP contribution in [0.15, 0.2) is 36.8 Å². The molecule has 20 heavy (non-hydrogen) atoms. The molecule has 2 heterocycles. The van der Waals surface area contributed by atoms with Gasteiger partial charge in [0.25, 0.3) is 0 Å². The topological polar surface area (TPSA) is 57.0 Å². The molecule has 1 fully saturated rings. The van der Waals surface area contributed by atoms with E-state index in [0.29, 0.717) is 0 Å². The van der Waals surface area contributed by atoms with Gasteiger partial charge in [-0.2, -0.15) is 5.10 Å². The zero-order chi connectivity index (χ0) is 14.2. The van der Waals surface area contributed by atoms with Crippen molar-refractivity contribution in [3.05, 3.63) is 42.4 Å². The summed E-state index contributed by atoms with van der Waals surface area (Å²) in [5.41, 5.74) is 1.02. The van der Waals surface area contributed by atoms with E-state index in [1.165, 1.54) is 0 Å². The highest BCUT2D eigenvalue weighted by Crippen LogP contribution is 2.52. The van der Waals surface area contributed by atoms with Gasteiger partial charge in [0, 0.05) is 18.6 Å². The minimum Gasteiger partial charge on any atom is -0.461 e. The summed E-state index contributed by atoms with van der Waals surface area (Å²) >= 11 is 0. The Hall–Kier alpha value is -2.17. The van der Waals surface area contributed by atoms with Gasteiger partial charge in [-0.05, 0) is 35.6 Å². The second-order valence-corrected chi connectivity index (χ2v) is 5.83. The molecule has 5 heteroatoms. The fraction of sp³-hybridized carbons (Fsp3) is 0.400. The number of hydrogen-bond donors (Lipinski definition) is 0. The van der Waals surface area contributed by atoms with E-state index in [9.17, 15) is 4.79 Å². The molecule has 2 aromatic heterocycles. The molecule has 0 aliphatic heterocycles. The van der Waals surface area contributed by atoms with Gasteiger partial charge in [-0.25, -0.2) is 9.67 Å². The summed E-state index contributed by atoms with van der Waals surface area (Å²) in [5, 5.41) is 4.13. The van der Waals surface area contributed by atoms with Crippen LogP contribution in [-0.4, -0.2) is 20.7 Å². The van der Waals surface area contributed by atoms with Gasteiger partial charge in [-0.1, -0.05) is 13.8 Å². The van der Waals surface area contributed by atoms with Crippen molar-refractivity contribution < 1.29 is 9.53 Å². The number of hydrogen-bond acceptors (Lipinski definition) is 4. The van der Waals surface area contributed by atoms with Crippen LogP contribution in [0.25, 0.3) is 5.82 Å². The third-order valence-electron chi connectivity index (χ3n) is 3.73. The van der Waals surface area contributed by atoms with Crippen LogP contribution >= 0.6 is 0 Å². The summed E-state index contributed by atoms with van der Waals surface area (Å²) in [7, 11) is 0. The van der Waals surface area contributed by atoms with Crippen molar-refractivity contribution in [2.24, 2.45) is 11.3 Å². The fourth-order valence-electron chi connectivity index (χ4n) is 2.20. The van der Waals surface area contributed by atoms with Gasteiger partial charge in [0.2, 0.25) is 0 Å². The largest absolute Gasteiger partial charge is 0.461 e. The lowest BCUT2D eigenvalue weighted by Gasteiger charge is -2.07. The van der Waals surface area contributed by atoms with Gasteiger partial charge in [0.05, 0.1) is 5.92 Å². The molecular formula is C15H17N3O2. The van der Waals surface area contributed by atoms with E-state index in [-0.39, 0.29) is 23.9 Å². The van der Waals surface area contributed by atoms with Crippen LogP contribution in [0.4, 0.5) is 0 Å². The standard InChI is InChI=1S/C15H17N3O2/c1-15(2)9-12(15)14(19)20-10-11-4-6-16-13(8-11)18-7-3-5-17-18/h3-8,12H,9-10H2,1-2H3/t12-/m0/s1. The number of rotatable bonds is 4. The SMILES string of the molecule is CC1(C)C[C@H]1C(=O)OCc1ccnc(-n2cccn2)c1. The van der Waals surface area contributed by atoms with Gasteiger partial charge >= 0.3 is 5.97 Å². The van der Waals surface area contributed by atoms with Gasteiger partial charge in [-0.3, -0.25) is 4.79 Å². The number of nitrogens with zero attached hydrogens (tertiary/aromatic N) is 3. The Balaban J connectivity index is 1.64. The van der Waals surface area contributed by atoms with E-state index in [1.807, 2.05) is 24.4 Å². The molecule has 0 N–H and O–H groups in total. The predicted molar refractivity (Wildman–Crippen MR) is 73.0 cm³/mol. The van der Waals surface area contributed by atoms with Crippen molar-refractivity contribution in [2.45, 2.75) is 26.9 Å². The Labute approximate surface area is 117 Å².